The van der Waals surface area contributed by atoms with Crippen LogP contribution in [0.1, 0.15) is 87.4 Å². The highest BCUT2D eigenvalue weighted by atomic mass is 79.9. The number of rotatable bonds is 5. The monoisotopic (exact) mass is 620 g/mol. The van der Waals surface area contributed by atoms with Gasteiger partial charge < -0.3 is 24.1 Å². The number of carbonyl (C=O) groups excluding carboxylic acids is 2. The molecule has 2 aromatic rings. The number of carbonyl (C=O) groups is 2. The predicted octanol–water partition coefficient (Wildman–Crippen LogP) is 7.95. The van der Waals surface area contributed by atoms with Crippen LogP contribution in [0, 0.1) is 29.6 Å². The first-order valence-electron chi connectivity index (χ1n) is 13.3. The summed E-state index contributed by atoms with van der Waals surface area (Å²) >= 11 is 10.2. The van der Waals surface area contributed by atoms with E-state index < -0.39 is 17.5 Å². The Hall–Kier alpha value is -2.29. The number of benzene rings is 2. The third-order valence-electron chi connectivity index (χ3n) is 8.66. The Labute approximate surface area is 242 Å². The van der Waals surface area contributed by atoms with E-state index in [1.807, 2.05) is 27.7 Å². The smallest absolute Gasteiger partial charge is 0.351 e. The number of aliphatic hydroxyl groups excluding tert-OH is 1. The van der Waals surface area contributed by atoms with Crippen molar-refractivity contribution in [2.24, 2.45) is 22.7 Å². The van der Waals surface area contributed by atoms with Crippen LogP contribution in [-0.2, 0) is 4.79 Å². The van der Waals surface area contributed by atoms with Crippen LogP contribution in [0.4, 0.5) is 0 Å². The molecule has 1 atom stereocenters. The maximum absolute atomic E-state index is 13.7. The molecule has 3 aliphatic rings. The second-order valence-electron chi connectivity index (χ2n) is 12.3. The lowest BCUT2D eigenvalue weighted by Gasteiger charge is -2.28. The van der Waals surface area contributed by atoms with Gasteiger partial charge in [-0.05, 0) is 96.8 Å². The molecule has 2 saturated carbocycles. The predicted molar refractivity (Wildman–Crippen MR) is 150 cm³/mol. The minimum atomic E-state index is -0.886. The summed E-state index contributed by atoms with van der Waals surface area (Å²) in [6, 6.07) is 3.25. The van der Waals surface area contributed by atoms with Gasteiger partial charge in [0.15, 0.2) is 11.5 Å². The van der Waals surface area contributed by atoms with Crippen molar-refractivity contribution in [2.45, 2.75) is 72.8 Å². The third-order valence-corrected chi connectivity index (χ3v) is 10.1. The van der Waals surface area contributed by atoms with Crippen LogP contribution in [0.3, 0.4) is 0 Å². The summed E-state index contributed by atoms with van der Waals surface area (Å²) in [6.45, 7) is 9.78. The maximum atomic E-state index is 13.7. The normalized spacial score (nSPS) is 24.3. The largest absolute Gasteiger partial charge is 0.495 e. The molecular formula is C30H34BrClO7. The number of hydrogen-bond acceptors (Lipinski definition) is 7. The number of methoxy groups -OCH3 is 1. The molecular weight excluding hydrogens is 588 g/mol. The van der Waals surface area contributed by atoms with Gasteiger partial charge in [0.1, 0.15) is 17.1 Å². The molecule has 5 rings (SSSR count). The van der Waals surface area contributed by atoms with Gasteiger partial charge in [-0.1, -0.05) is 32.4 Å². The number of fused-ring (bicyclic) bond motifs is 4. The van der Waals surface area contributed by atoms with Gasteiger partial charge in [-0.3, -0.25) is 4.79 Å². The lowest BCUT2D eigenvalue weighted by atomic mass is 9.80. The molecule has 39 heavy (non-hydrogen) atoms. The fourth-order valence-electron chi connectivity index (χ4n) is 6.46. The Kier molecular flexibility index (Phi) is 7.22. The molecule has 2 aliphatic carbocycles. The average Bonchev–Trinajstić information content (AvgIpc) is 3.32. The van der Waals surface area contributed by atoms with Gasteiger partial charge in [0.2, 0.25) is 5.75 Å². The summed E-state index contributed by atoms with van der Waals surface area (Å²) in [6.07, 6.45) is 3.61. The van der Waals surface area contributed by atoms with E-state index in [2.05, 4.69) is 15.9 Å². The SMILES string of the molecule is COc1c([C@@H](O)CC(C)(C)C)ccc2c1C(=O)Oc1c(Cl)c(C)c(Br)c(OC(=O)C3(C)C4CCC3CC4)c1O2. The van der Waals surface area contributed by atoms with E-state index in [4.69, 9.17) is 30.5 Å². The van der Waals surface area contributed by atoms with E-state index >= 15 is 0 Å². The standard InChI is InChI=1S/C30H34BrClO7/c1-14-21(31)24(39-28(35)30(5)15-7-8-16(30)10-9-15)26-25(22(14)32)38-27(34)20-19(37-26)12-11-17(23(20)36-6)18(33)13-29(2,3)4/h11-12,15-16,18,33H,7-10,13H2,1-6H3/t15?,16?,18-,30?/m0/s1. The van der Waals surface area contributed by atoms with E-state index in [1.54, 1.807) is 19.1 Å². The van der Waals surface area contributed by atoms with Gasteiger partial charge in [0, 0.05) is 5.56 Å². The average molecular weight is 622 g/mol. The van der Waals surface area contributed by atoms with Crippen LogP contribution in [-0.4, -0.2) is 24.2 Å². The lowest BCUT2D eigenvalue weighted by molar-refractivity contribution is -0.147. The summed E-state index contributed by atoms with van der Waals surface area (Å²) in [5.74, 6) is -0.134. The summed E-state index contributed by atoms with van der Waals surface area (Å²) in [4.78, 5) is 27.2. The molecule has 9 heteroatoms. The molecule has 2 fully saturated rings. The molecule has 0 radical (unpaired) electrons. The minimum Gasteiger partial charge on any atom is -0.495 e. The van der Waals surface area contributed by atoms with E-state index in [1.165, 1.54) is 7.11 Å². The fourth-order valence-corrected chi connectivity index (χ4v) is 7.25. The molecule has 1 aliphatic heterocycles. The van der Waals surface area contributed by atoms with E-state index in [-0.39, 0.29) is 62.6 Å². The highest BCUT2D eigenvalue weighted by Gasteiger charge is 2.57. The number of aliphatic hydroxyl groups is 1. The van der Waals surface area contributed by atoms with Crippen molar-refractivity contribution in [1.29, 1.82) is 0 Å². The fraction of sp³-hybridized carbons (Fsp3) is 0.533. The Balaban J connectivity index is 1.60. The van der Waals surface area contributed by atoms with Gasteiger partial charge in [-0.25, -0.2) is 4.79 Å². The van der Waals surface area contributed by atoms with Gasteiger partial charge >= 0.3 is 11.9 Å². The van der Waals surface area contributed by atoms with Gasteiger partial charge in [0.25, 0.3) is 0 Å². The summed E-state index contributed by atoms with van der Waals surface area (Å²) < 4.78 is 24.2. The summed E-state index contributed by atoms with van der Waals surface area (Å²) in [7, 11) is 1.42. The second kappa shape index (κ2) is 9.96. The quantitative estimate of drug-likeness (QED) is 0.268. The van der Waals surface area contributed by atoms with Crippen LogP contribution in [0.5, 0.6) is 28.7 Å². The van der Waals surface area contributed by atoms with Gasteiger partial charge in [0.05, 0.1) is 28.1 Å². The minimum absolute atomic E-state index is 0.0158. The first-order chi connectivity index (χ1) is 18.3. The second-order valence-corrected chi connectivity index (χ2v) is 13.5. The zero-order valence-electron chi connectivity index (χ0n) is 23.1. The molecule has 2 aromatic carbocycles. The van der Waals surface area contributed by atoms with Gasteiger partial charge in [-0.2, -0.15) is 0 Å². The topological polar surface area (TPSA) is 91.3 Å². The molecule has 7 nitrogen and oxygen atoms in total. The van der Waals surface area contributed by atoms with Crippen molar-refractivity contribution in [3.8, 4) is 28.7 Å². The van der Waals surface area contributed by atoms with Crippen LogP contribution in [0.25, 0.3) is 0 Å². The summed E-state index contributed by atoms with van der Waals surface area (Å²) in [5, 5.41) is 11.1. The van der Waals surface area contributed by atoms with E-state index in [9.17, 15) is 14.7 Å². The highest BCUT2D eigenvalue weighted by molar-refractivity contribution is 9.10. The van der Waals surface area contributed by atoms with Crippen molar-refractivity contribution in [1.82, 2.24) is 0 Å². The lowest BCUT2D eigenvalue weighted by Crippen LogP contribution is -2.36. The molecule has 0 spiro atoms. The molecule has 0 unspecified atom stereocenters. The van der Waals surface area contributed by atoms with Gasteiger partial charge in [-0.15, -0.1) is 0 Å². The summed E-state index contributed by atoms with van der Waals surface area (Å²) in [5.41, 5.74) is 0.240. The Morgan fingerprint density at radius 2 is 1.77 bits per heavy atom. The molecule has 0 saturated heterocycles. The zero-order valence-corrected chi connectivity index (χ0v) is 25.4. The van der Waals surface area contributed by atoms with Crippen molar-refractivity contribution in [2.75, 3.05) is 7.11 Å². The molecule has 0 aromatic heterocycles. The molecule has 210 valence electrons. The van der Waals surface area contributed by atoms with Crippen molar-refractivity contribution in [3.05, 3.63) is 38.3 Å². The highest BCUT2D eigenvalue weighted by Crippen LogP contribution is 2.60. The number of ether oxygens (including phenoxy) is 4. The maximum Gasteiger partial charge on any atom is 0.351 e. The van der Waals surface area contributed by atoms with Crippen molar-refractivity contribution < 1.29 is 33.6 Å². The van der Waals surface area contributed by atoms with Crippen LogP contribution in [0.2, 0.25) is 5.02 Å². The first-order valence-corrected chi connectivity index (χ1v) is 14.5. The van der Waals surface area contributed by atoms with Crippen LogP contribution >= 0.6 is 27.5 Å². The van der Waals surface area contributed by atoms with E-state index in [0.29, 0.717) is 22.0 Å². The zero-order chi connectivity index (χ0) is 28.4. The number of halogens is 2. The molecule has 1 N–H and O–H groups in total. The molecule has 2 bridgehead atoms. The van der Waals surface area contributed by atoms with Crippen molar-refractivity contribution >= 4 is 39.5 Å². The molecule has 1 heterocycles. The van der Waals surface area contributed by atoms with E-state index in [0.717, 1.165) is 25.7 Å². The Bertz CT molecular complexity index is 1340. The third kappa shape index (κ3) is 4.62. The Morgan fingerprint density at radius 1 is 1.15 bits per heavy atom. The number of esters is 2. The number of hydrogen-bond donors (Lipinski definition) is 1. The molecule has 0 amide bonds. The first kappa shape index (κ1) is 28.2. The van der Waals surface area contributed by atoms with Crippen LogP contribution < -0.4 is 18.9 Å². The van der Waals surface area contributed by atoms with Crippen molar-refractivity contribution in [3.63, 3.8) is 0 Å². The van der Waals surface area contributed by atoms with Crippen LogP contribution in [0.15, 0.2) is 16.6 Å². The Morgan fingerprint density at radius 3 is 2.33 bits per heavy atom.